The number of amides is 1. The van der Waals surface area contributed by atoms with Crippen molar-refractivity contribution in [1.29, 1.82) is 0 Å². The summed E-state index contributed by atoms with van der Waals surface area (Å²) < 4.78 is 0. The molecule has 2 N–H and O–H groups in total. The van der Waals surface area contributed by atoms with Crippen molar-refractivity contribution < 1.29 is 4.79 Å². The van der Waals surface area contributed by atoms with Gasteiger partial charge in [0.25, 0.3) is 0 Å². The van der Waals surface area contributed by atoms with Crippen LogP contribution in [0.4, 0.5) is 10.8 Å². The summed E-state index contributed by atoms with van der Waals surface area (Å²) in [7, 11) is 0. The summed E-state index contributed by atoms with van der Waals surface area (Å²) in [6.45, 7) is 4.38. The molecule has 0 aliphatic carbocycles. The molecule has 0 bridgehead atoms. The van der Waals surface area contributed by atoms with Crippen LogP contribution >= 0.6 is 11.3 Å². The summed E-state index contributed by atoms with van der Waals surface area (Å²) in [5.41, 5.74) is 3.91. The maximum atomic E-state index is 12.1. The van der Waals surface area contributed by atoms with Crippen LogP contribution in [0, 0.1) is 0 Å². The number of hydrogen-bond donors (Lipinski definition) is 2. The Morgan fingerprint density at radius 1 is 1.12 bits per heavy atom. The molecule has 132 valence electrons. The van der Waals surface area contributed by atoms with Crippen LogP contribution < -0.4 is 10.6 Å². The molecule has 3 aromatic rings. The first kappa shape index (κ1) is 17.9. The number of carbonyl (C=O) groups excluding carboxylic acids is 1. The van der Waals surface area contributed by atoms with Gasteiger partial charge < -0.3 is 10.6 Å². The van der Waals surface area contributed by atoms with Crippen molar-refractivity contribution in [1.82, 2.24) is 4.98 Å². The number of thiazole rings is 1. The zero-order valence-corrected chi connectivity index (χ0v) is 15.3. The number of rotatable bonds is 8. The van der Waals surface area contributed by atoms with E-state index < -0.39 is 0 Å². The Kier molecular flexibility index (Phi) is 6.17. The number of aromatic nitrogens is 1. The number of nitrogens with one attached hydrogen (secondary N) is 2. The molecule has 1 heterocycles. The fourth-order valence-electron chi connectivity index (χ4n) is 2.50. The Balaban J connectivity index is 1.54. The molecule has 26 heavy (non-hydrogen) atoms. The molecule has 5 heteroatoms. The van der Waals surface area contributed by atoms with E-state index in [2.05, 4.69) is 22.2 Å². The molecular weight excluding hydrogens is 342 g/mol. The molecule has 0 aliphatic rings. The minimum Gasteiger partial charge on any atom is -0.358 e. The number of nitrogens with zero attached hydrogens (tertiary/aromatic N) is 1. The predicted octanol–water partition coefficient (Wildman–Crippen LogP) is 4.98. The standard InChI is InChI=1S/C21H21N3OS/c1-2-14-22-21-24-19(15-26-21)17-9-11-18(12-10-17)23-20(25)13-8-16-6-4-3-5-7-16/h2-7,9-12,15H,1,8,13-14H2,(H,22,24)(H,23,25). The van der Waals surface area contributed by atoms with E-state index in [4.69, 9.17) is 0 Å². The summed E-state index contributed by atoms with van der Waals surface area (Å²) >= 11 is 1.56. The lowest BCUT2D eigenvalue weighted by Crippen LogP contribution is -2.12. The number of carbonyl (C=O) groups is 1. The summed E-state index contributed by atoms with van der Waals surface area (Å²) in [5, 5.41) is 9.01. The van der Waals surface area contributed by atoms with E-state index >= 15 is 0 Å². The lowest BCUT2D eigenvalue weighted by molar-refractivity contribution is -0.116. The van der Waals surface area contributed by atoms with Crippen LogP contribution in [0.3, 0.4) is 0 Å². The highest BCUT2D eigenvalue weighted by molar-refractivity contribution is 7.14. The summed E-state index contributed by atoms with van der Waals surface area (Å²) in [4.78, 5) is 16.7. The molecule has 3 rings (SSSR count). The van der Waals surface area contributed by atoms with Crippen molar-refractivity contribution in [3.05, 3.63) is 78.2 Å². The van der Waals surface area contributed by atoms with Crippen molar-refractivity contribution in [2.75, 3.05) is 17.2 Å². The third-order valence-electron chi connectivity index (χ3n) is 3.85. The average Bonchev–Trinajstić information content (AvgIpc) is 3.15. The first-order chi connectivity index (χ1) is 12.7. The first-order valence-corrected chi connectivity index (χ1v) is 9.37. The van der Waals surface area contributed by atoms with E-state index in [1.807, 2.05) is 60.0 Å². The van der Waals surface area contributed by atoms with Crippen LogP contribution in [-0.2, 0) is 11.2 Å². The van der Waals surface area contributed by atoms with E-state index in [1.165, 1.54) is 5.56 Å². The summed E-state index contributed by atoms with van der Waals surface area (Å²) in [6.07, 6.45) is 3.01. The molecule has 0 atom stereocenters. The highest BCUT2D eigenvalue weighted by Crippen LogP contribution is 2.26. The zero-order chi connectivity index (χ0) is 18.2. The van der Waals surface area contributed by atoms with Gasteiger partial charge in [0, 0.05) is 29.6 Å². The van der Waals surface area contributed by atoms with E-state index in [9.17, 15) is 4.79 Å². The molecule has 4 nitrogen and oxygen atoms in total. The van der Waals surface area contributed by atoms with Crippen molar-refractivity contribution in [3.63, 3.8) is 0 Å². The number of benzene rings is 2. The molecular formula is C21H21N3OS. The van der Waals surface area contributed by atoms with Gasteiger partial charge in [-0.15, -0.1) is 17.9 Å². The SMILES string of the molecule is C=CCNc1nc(-c2ccc(NC(=O)CCc3ccccc3)cc2)cs1. The average molecular weight is 363 g/mol. The Bertz CT molecular complexity index is 856. The van der Waals surface area contributed by atoms with Crippen LogP contribution in [0.15, 0.2) is 72.6 Å². The van der Waals surface area contributed by atoms with Gasteiger partial charge in [0.05, 0.1) is 5.69 Å². The molecule has 2 aromatic carbocycles. The van der Waals surface area contributed by atoms with Crippen LogP contribution in [0.2, 0.25) is 0 Å². The highest BCUT2D eigenvalue weighted by atomic mass is 32.1. The molecule has 0 fully saturated rings. The molecule has 0 saturated heterocycles. The minimum atomic E-state index is 0.0196. The highest BCUT2D eigenvalue weighted by Gasteiger charge is 2.06. The fourth-order valence-corrected chi connectivity index (χ4v) is 3.23. The molecule has 1 aromatic heterocycles. The van der Waals surface area contributed by atoms with Crippen molar-refractivity contribution in [2.24, 2.45) is 0 Å². The fraction of sp³-hybridized carbons (Fsp3) is 0.143. The first-order valence-electron chi connectivity index (χ1n) is 8.49. The number of aryl methyl sites for hydroxylation is 1. The topological polar surface area (TPSA) is 54.0 Å². The second-order valence-corrected chi connectivity index (χ2v) is 6.68. The molecule has 0 aliphatic heterocycles. The van der Waals surface area contributed by atoms with Crippen molar-refractivity contribution in [2.45, 2.75) is 12.8 Å². The molecule has 0 unspecified atom stereocenters. The van der Waals surface area contributed by atoms with Crippen LogP contribution in [0.1, 0.15) is 12.0 Å². The van der Waals surface area contributed by atoms with Crippen LogP contribution in [0.25, 0.3) is 11.3 Å². The lowest BCUT2D eigenvalue weighted by Gasteiger charge is -2.06. The lowest BCUT2D eigenvalue weighted by atomic mass is 10.1. The van der Waals surface area contributed by atoms with Gasteiger partial charge in [-0.05, 0) is 24.1 Å². The molecule has 0 radical (unpaired) electrons. The van der Waals surface area contributed by atoms with Gasteiger partial charge in [-0.3, -0.25) is 4.79 Å². The number of anilines is 2. The van der Waals surface area contributed by atoms with Crippen molar-refractivity contribution in [3.8, 4) is 11.3 Å². The molecule has 0 saturated carbocycles. The van der Waals surface area contributed by atoms with E-state index in [0.717, 1.165) is 28.5 Å². The third-order valence-corrected chi connectivity index (χ3v) is 4.65. The maximum absolute atomic E-state index is 12.1. The Morgan fingerprint density at radius 2 is 1.88 bits per heavy atom. The van der Waals surface area contributed by atoms with Gasteiger partial charge in [0.2, 0.25) is 5.91 Å². The second kappa shape index (κ2) is 8.97. The number of hydrogen-bond acceptors (Lipinski definition) is 4. The summed E-state index contributed by atoms with van der Waals surface area (Å²) in [6, 6.07) is 17.8. The second-order valence-electron chi connectivity index (χ2n) is 5.82. The van der Waals surface area contributed by atoms with E-state index in [-0.39, 0.29) is 5.91 Å². The monoisotopic (exact) mass is 363 g/mol. The predicted molar refractivity (Wildman–Crippen MR) is 110 cm³/mol. The van der Waals surface area contributed by atoms with Crippen LogP contribution in [0.5, 0.6) is 0 Å². The smallest absolute Gasteiger partial charge is 0.224 e. The van der Waals surface area contributed by atoms with Crippen LogP contribution in [-0.4, -0.2) is 17.4 Å². The molecule has 1 amide bonds. The zero-order valence-electron chi connectivity index (χ0n) is 14.4. The summed E-state index contributed by atoms with van der Waals surface area (Å²) in [5.74, 6) is 0.0196. The molecule has 0 spiro atoms. The third kappa shape index (κ3) is 5.04. The Hall–Kier alpha value is -2.92. The van der Waals surface area contributed by atoms with Gasteiger partial charge in [0.1, 0.15) is 0 Å². The normalized spacial score (nSPS) is 10.3. The minimum absolute atomic E-state index is 0.0196. The Labute approximate surface area is 157 Å². The van der Waals surface area contributed by atoms with Gasteiger partial charge >= 0.3 is 0 Å². The largest absolute Gasteiger partial charge is 0.358 e. The van der Waals surface area contributed by atoms with Gasteiger partial charge in [-0.2, -0.15) is 0 Å². The maximum Gasteiger partial charge on any atom is 0.224 e. The van der Waals surface area contributed by atoms with Crippen molar-refractivity contribution >= 4 is 28.1 Å². The Morgan fingerprint density at radius 3 is 2.62 bits per heavy atom. The van der Waals surface area contributed by atoms with E-state index in [0.29, 0.717) is 13.0 Å². The quantitative estimate of drug-likeness (QED) is 0.555. The van der Waals surface area contributed by atoms with Gasteiger partial charge in [-0.1, -0.05) is 48.5 Å². The van der Waals surface area contributed by atoms with Gasteiger partial charge in [0.15, 0.2) is 5.13 Å². The van der Waals surface area contributed by atoms with Gasteiger partial charge in [-0.25, -0.2) is 4.98 Å². The van der Waals surface area contributed by atoms with E-state index in [1.54, 1.807) is 17.4 Å².